The lowest BCUT2D eigenvalue weighted by molar-refractivity contribution is 0.851. The van der Waals surface area contributed by atoms with Gasteiger partial charge in [-0.1, -0.05) is 78.9 Å². The molecule has 1 nitrogen and oxygen atoms in total. The van der Waals surface area contributed by atoms with Crippen LogP contribution >= 0.6 is 0 Å². The maximum Gasteiger partial charge on any atom is 0.0399 e. The van der Waals surface area contributed by atoms with Crippen molar-refractivity contribution in [2.45, 2.75) is 19.8 Å². The summed E-state index contributed by atoms with van der Waals surface area (Å²) in [5.41, 5.74) is 6.54. The van der Waals surface area contributed by atoms with Gasteiger partial charge in [-0.3, -0.25) is 0 Å². The Morgan fingerprint density at radius 2 is 1.13 bits per heavy atom. The van der Waals surface area contributed by atoms with Crippen molar-refractivity contribution >= 4 is 5.69 Å². The number of benzene rings is 3. The van der Waals surface area contributed by atoms with Crippen LogP contribution in [0.2, 0.25) is 0 Å². The molecule has 1 N–H and O–H groups in total. The summed E-state index contributed by atoms with van der Waals surface area (Å²) in [6.07, 6.45) is 0. The first kappa shape index (κ1) is 15.4. The van der Waals surface area contributed by atoms with Crippen LogP contribution in [0, 0.1) is 13.8 Å². The summed E-state index contributed by atoms with van der Waals surface area (Å²) >= 11 is 0. The molecule has 0 aliphatic carbocycles. The molecule has 0 atom stereocenters. The normalized spacial score (nSPS) is 10.7. The van der Waals surface area contributed by atoms with E-state index >= 15 is 0 Å². The molecule has 0 radical (unpaired) electrons. The van der Waals surface area contributed by atoms with Crippen molar-refractivity contribution in [3.8, 4) is 0 Å². The first-order valence-electron chi connectivity index (χ1n) is 8.15. The highest BCUT2D eigenvalue weighted by Crippen LogP contribution is 2.27. The first-order chi connectivity index (χ1) is 11.3. The van der Waals surface area contributed by atoms with Crippen molar-refractivity contribution in [2.24, 2.45) is 0 Å². The number of para-hydroxylation sites is 1. The van der Waals surface area contributed by atoms with Crippen molar-refractivity contribution in [2.75, 3.05) is 11.9 Å². The number of aryl methyl sites for hydroxylation is 2. The van der Waals surface area contributed by atoms with Crippen molar-refractivity contribution in [3.05, 3.63) is 101 Å². The molecule has 0 bridgehead atoms. The lowest BCUT2D eigenvalue weighted by Crippen LogP contribution is -2.15. The standard InChI is InChI=1S/C22H23N/c1-17-10-9-11-18(2)22(17)23-16-21(19-12-5-3-6-13-19)20-14-7-4-8-15-20/h3-15,21,23H,16H2,1-2H3. The second-order valence-corrected chi connectivity index (χ2v) is 6.02. The zero-order valence-electron chi connectivity index (χ0n) is 13.8. The molecule has 0 aliphatic heterocycles. The summed E-state index contributed by atoms with van der Waals surface area (Å²) in [7, 11) is 0. The number of nitrogens with one attached hydrogen (secondary N) is 1. The molecule has 0 spiro atoms. The number of rotatable bonds is 5. The van der Waals surface area contributed by atoms with Gasteiger partial charge in [0.05, 0.1) is 0 Å². The fourth-order valence-electron chi connectivity index (χ4n) is 3.10. The van der Waals surface area contributed by atoms with E-state index in [1.54, 1.807) is 0 Å². The average Bonchev–Trinajstić information content (AvgIpc) is 2.59. The quantitative estimate of drug-likeness (QED) is 0.651. The van der Waals surface area contributed by atoms with E-state index in [0.717, 1.165) is 6.54 Å². The van der Waals surface area contributed by atoms with Gasteiger partial charge in [0.1, 0.15) is 0 Å². The fraction of sp³-hybridized carbons (Fsp3) is 0.182. The largest absolute Gasteiger partial charge is 0.384 e. The molecule has 0 aliphatic rings. The summed E-state index contributed by atoms with van der Waals surface area (Å²) < 4.78 is 0. The van der Waals surface area contributed by atoms with Gasteiger partial charge in [0.25, 0.3) is 0 Å². The minimum atomic E-state index is 0.344. The van der Waals surface area contributed by atoms with Gasteiger partial charge in [0, 0.05) is 18.2 Å². The SMILES string of the molecule is Cc1cccc(C)c1NCC(c1ccccc1)c1ccccc1. The highest BCUT2D eigenvalue weighted by Gasteiger charge is 2.14. The lowest BCUT2D eigenvalue weighted by Gasteiger charge is -2.21. The van der Waals surface area contributed by atoms with Crippen LogP contribution in [0.15, 0.2) is 78.9 Å². The Balaban J connectivity index is 1.88. The molecule has 0 unspecified atom stereocenters. The molecular weight excluding hydrogens is 278 g/mol. The van der Waals surface area contributed by atoms with Gasteiger partial charge in [0.2, 0.25) is 0 Å². The molecule has 3 aromatic rings. The van der Waals surface area contributed by atoms with Crippen molar-refractivity contribution < 1.29 is 0 Å². The van der Waals surface area contributed by atoms with E-state index in [2.05, 4.69) is 98.0 Å². The van der Waals surface area contributed by atoms with E-state index in [-0.39, 0.29) is 0 Å². The van der Waals surface area contributed by atoms with Gasteiger partial charge in [-0.05, 0) is 36.1 Å². The Labute approximate surface area is 139 Å². The van der Waals surface area contributed by atoms with Crippen LogP contribution in [0.1, 0.15) is 28.2 Å². The van der Waals surface area contributed by atoms with Crippen LogP contribution < -0.4 is 5.32 Å². The van der Waals surface area contributed by atoms with E-state index in [1.807, 2.05) is 0 Å². The van der Waals surface area contributed by atoms with E-state index in [0.29, 0.717) is 5.92 Å². The Bertz CT molecular complexity index is 688. The minimum Gasteiger partial charge on any atom is -0.384 e. The maximum absolute atomic E-state index is 3.68. The monoisotopic (exact) mass is 301 g/mol. The van der Waals surface area contributed by atoms with Crippen molar-refractivity contribution in [1.82, 2.24) is 0 Å². The molecule has 0 amide bonds. The van der Waals surface area contributed by atoms with Gasteiger partial charge < -0.3 is 5.32 Å². The third-order valence-corrected chi connectivity index (χ3v) is 4.37. The topological polar surface area (TPSA) is 12.0 Å². The van der Waals surface area contributed by atoms with E-state index in [4.69, 9.17) is 0 Å². The maximum atomic E-state index is 3.68. The Morgan fingerprint density at radius 3 is 1.61 bits per heavy atom. The molecule has 3 aromatic carbocycles. The number of hydrogen-bond acceptors (Lipinski definition) is 1. The molecule has 23 heavy (non-hydrogen) atoms. The summed E-state index contributed by atoms with van der Waals surface area (Å²) in [4.78, 5) is 0. The van der Waals surface area contributed by atoms with E-state index in [9.17, 15) is 0 Å². The second-order valence-electron chi connectivity index (χ2n) is 6.02. The first-order valence-corrected chi connectivity index (χ1v) is 8.15. The molecule has 1 heteroatoms. The van der Waals surface area contributed by atoms with E-state index < -0.39 is 0 Å². The van der Waals surface area contributed by atoms with Crippen LogP contribution in [0.4, 0.5) is 5.69 Å². The highest BCUT2D eigenvalue weighted by molar-refractivity contribution is 5.57. The predicted molar refractivity (Wildman–Crippen MR) is 99.1 cm³/mol. The van der Waals surface area contributed by atoms with Crippen LogP contribution in [0.25, 0.3) is 0 Å². The third kappa shape index (κ3) is 3.62. The third-order valence-electron chi connectivity index (χ3n) is 4.37. The molecule has 0 heterocycles. The van der Waals surface area contributed by atoms with Gasteiger partial charge in [0.15, 0.2) is 0 Å². The predicted octanol–water partition coefficient (Wildman–Crippen LogP) is 5.55. The molecule has 0 fully saturated rings. The molecule has 0 saturated carbocycles. The number of hydrogen-bond donors (Lipinski definition) is 1. The zero-order chi connectivity index (χ0) is 16.1. The summed E-state index contributed by atoms with van der Waals surface area (Å²) in [6.45, 7) is 5.21. The fourth-order valence-corrected chi connectivity index (χ4v) is 3.10. The van der Waals surface area contributed by atoms with Crippen LogP contribution in [0.5, 0.6) is 0 Å². The van der Waals surface area contributed by atoms with Crippen molar-refractivity contribution in [3.63, 3.8) is 0 Å². The lowest BCUT2D eigenvalue weighted by atomic mass is 9.91. The molecule has 3 rings (SSSR count). The molecule has 116 valence electrons. The van der Waals surface area contributed by atoms with Gasteiger partial charge in [-0.15, -0.1) is 0 Å². The van der Waals surface area contributed by atoms with Crippen LogP contribution in [-0.2, 0) is 0 Å². The Kier molecular flexibility index (Phi) is 4.77. The zero-order valence-corrected chi connectivity index (χ0v) is 13.8. The van der Waals surface area contributed by atoms with E-state index in [1.165, 1.54) is 27.9 Å². The van der Waals surface area contributed by atoms with Gasteiger partial charge in [-0.25, -0.2) is 0 Å². The smallest absolute Gasteiger partial charge is 0.0399 e. The summed E-state index contributed by atoms with van der Waals surface area (Å²) in [5, 5.41) is 3.68. The summed E-state index contributed by atoms with van der Waals surface area (Å²) in [6, 6.07) is 27.9. The minimum absolute atomic E-state index is 0.344. The number of anilines is 1. The molecule has 0 saturated heterocycles. The van der Waals surface area contributed by atoms with Crippen LogP contribution in [0.3, 0.4) is 0 Å². The Hall–Kier alpha value is -2.54. The van der Waals surface area contributed by atoms with Gasteiger partial charge in [-0.2, -0.15) is 0 Å². The van der Waals surface area contributed by atoms with Crippen molar-refractivity contribution in [1.29, 1.82) is 0 Å². The second kappa shape index (κ2) is 7.15. The Morgan fingerprint density at radius 1 is 0.652 bits per heavy atom. The molecular formula is C22H23N. The highest BCUT2D eigenvalue weighted by atomic mass is 14.9. The van der Waals surface area contributed by atoms with Crippen LogP contribution in [-0.4, -0.2) is 6.54 Å². The summed E-state index contributed by atoms with van der Waals surface area (Å²) in [5.74, 6) is 0.344. The van der Waals surface area contributed by atoms with Gasteiger partial charge >= 0.3 is 0 Å². The molecule has 0 aromatic heterocycles. The average molecular weight is 301 g/mol.